The van der Waals surface area contributed by atoms with Gasteiger partial charge < -0.3 is 5.32 Å². The Bertz CT molecular complexity index is 443. The van der Waals surface area contributed by atoms with Crippen molar-refractivity contribution in [2.24, 2.45) is 5.11 Å². The molecule has 1 amide bonds. The van der Waals surface area contributed by atoms with Crippen molar-refractivity contribution in [2.75, 3.05) is 13.1 Å². The minimum atomic E-state index is -0.929. The first-order chi connectivity index (χ1) is 7.65. The Labute approximate surface area is 89.7 Å². The summed E-state index contributed by atoms with van der Waals surface area (Å²) in [5, 5.41) is 5.51. The van der Waals surface area contributed by atoms with E-state index in [0.717, 1.165) is 12.1 Å². The Morgan fingerprint density at radius 2 is 2.25 bits per heavy atom. The van der Waals surface area contributed by atoms with Gasteiger partial charge in [0.05, 0.1) is 5.56 Å². The molecule has 1 N–H and O–H groups in total. The molecule has 1 rings (SSSR count). The number of azide groups is 1. The molecule has 7 heteroatoms. The summed E-state index contributed by atoms with van der Waals surface area (Å²) in [6.45, 7) is 0.171. The second kappa shape index (κ2) is 5.67. The number of carbonyl (C=O) groups excluding carboxylic acids is 1. The molecule has 0 aliphatic carbocycles. The zero-order valence-electron chi connectivity index (χ0n) is 8.15. The van der Waals surface area contributed by atoms with Crippen LogP contribution in [0.15, 0.2) is 23.3 Å². The van der Waals surface area contributed by atoms with Crippen LogP contribution < -0.4 is 5.32 Å². The molecule has 0 fully saturated rings. The Hall–Kier alpha value is -2.14. The number of halogens is 2. The van der Waals surface area contributed by atoms with Crippen LogP contribution in [0.4, 0.5) is 8.78 Å². The molecule has 5 nitrogen and oxygen atoms in total. The second-order valence-corrected chi connectivity index (χ2v) is 2.83. The highest BCUT2D eigenvalue weighted by atomic mass is 19.1. The Balaban J connectivity index is 2.62. The lowest BCUT2D eigenvalue weighted by molar-refractivity contribution is 0.0950. The summed E-state index contributed by atoms with van der Waals surface area (Å²) < 4.78 is 25.6. The van der Waals surface area contributed by atoms with Gasteiger partial charge in [0.1, 0.15) is 11.6 Å². The van der Waals surface area contributed by atoms with Crippen molar-refractivity contribution < 1.29 is 13.6 Å². The van der Waals surface area contributed by atoms with Gasteiger partial charge >= 0.3 is 0 Å². The van der Waals surface area contributed by atoms with Crippen molar-refractivity contribution in [3.63, 3.8) is 0 Å². The topological polar surface area (TPSA) is 77.9 Å². The molecule has 0 saturated heterocycles. The fraction of sp³-hybridized carbons (Fsp3) is 0.222. The molecule has 1 aromatic rings. The number of nitrogens with one attached hydrogen (secondary N) is 1. The molecule has 0 bridgehead atoms. The first-order valence-corrected chi connectivity index (χ1v) is 4.39. The maximum absolute atomic E-state index is 13.1. The van der Waals surface area contributed by atoms with Crippen molar-refractivity contribution in [1.29, 1.82) is 0 Å². The van der Waals surface area contributed by atoms with Crippen LogP contribution in [0.1, 0.15) is 10.4 Å². The lowest BCUT2D eigenvalue weighted by Crippen LogP contribution is -2.26. The van der Waals surface area contributed by atoms with Gasteiger partial charge in [-0.1, -0.05) is 5.11 Å². The van der Waals surface area contributed by atoms with Gasteiger partial charge in [0.2, 0.25) is 0 Å². The third-order valence-electron chi connectivity index (χ3n) is 1.74. The molecule has 0 aliphatic rings. The van der Waals surface area contributed by atoms with E-state index in [2.05, 4.69) is 15.3 Å². The summed E-state index contributed by atoms with van der Waals surface area (Å²) in [5.41, 5.74) is 7.72. The van der Waals surface area contributed by atoms with Gasteiger partial charge in [-0.25, -0.2) is 8.78 Å². The van der Waals surface area contributed by atoms with E-state index < -0.39 is 17.5 Å². The van der Waals surface area contributed by atoms with Crippen molar-refractivity contribution in [2.45, 2.75) is 0 Å². The van der Waals surface area contributed by atoms with E-state index in [9.17, 15) is 13.6 Å². The molecule has 16 heavy (non-hydrogen) atoms. The highest BCUT2D eigenvalue weighted by Crippen LogP contribution is 2.08. The van der Waals surface area contributed by atoms with E-state index in [1.807, 2.05) is 0 Å². The van der Waals surface area contributed by atoms with Crippen LogP contribution >= 0.6 is 0 Å². The summed E-state index contributed by atoms with van der Waals surface area (Å²) in [6, 6.07) is 2.67. The molecule has 0 atom stereocenters. The molecule has 1 aromatic carbocycles. The van der Waals surface area contributed by atoms with Gasteiger partial charge in [0.15, 0.2) is 0 Å². The molecule has 0 saturated carbocycles. The summed E-state index contributed by atoms with van der Waals surface area (Å²) >= 11 is 0. The molecule has 84 valence electrons. The molecule has 0 unspecified atom stereocenters. The summed E-state index contributed by atoms with van der Waals surface area (Å²) in [4.78, 5) is 13.8. The highest BCUT2D eigenvalue weighted by Gasteiger charge is 2.11. The van der Waals surface area contributed by atoms with Crippen LogP contribution in [0, 0.1) is 11.6 Å². The maximum Gasteiger partial charge on any atom is 0.254 e. The summed E-state index contributed by atoms with van der Waals surface area (Å²) in [5.74, 6) is -2.35. The number of hydrogen-bond acceptors (Lipinski definition) is 2. The third kappa shape index (κ3) is 3.21. The Morgan fingerprint density at radius 1 is 1.50 bits per heavy atom. The number of benzene rings is 1. The van der Waals surface area contributed by atoms with E-state index in [1.54, 1.807) is 0 Å². The number of rotatable bonds is 4. The SMILES string of the molecule is [N-]=[N+]=NCCNC(=O)c1ccc(F)cc1F. The Kier molecular flexibility index (Phi) is 4.23. The smallest absolute Gasteiger partial charge is 0.254 e. The van der Waals surface area contributed by atoms with E-state index in [0.29, 0.717) is 6.07 Å². The summed E-state index contributed by atoms with van der Waals surface area (Å²) in [7, 11) is 0. The molecule has 0 aromatic heterocycles. The molecule has 0 spiro atoms. The van der Waals surface area contributed by atoms with Gasteiger partial charge in [-0.2, -0.15) is 0 Å². The normalized spacial score (nSPS) is 9.38. The fourth-order valence-corrected chi connectivity index (χ4v) is 1.03. The van der Waals surface area contributed by atoms with Crippen LogP contribution in [0.25, 0.3) is 10.4 Å². The zero-order valence-corrected chi connectivity index (χ0v) is 8.15. The number of carbonyl (C=O) groups is 1. The largest absolute Gasteiger partial charge is 0.352 e. The van der Waals surface area contributed by atoms with Gasteiger partial charge in [-0.15, -0.1) is 0 Å². The second-order valence-electron chi connectivity index (χ2n) is 2.83. The van der Waals surface area contributed by atoms with E-state index >= 15 is 0 Å². The van der Waals surface area contributed by atoms with E-state index in [4.69, 9.17) is 5.53 Å². The fourth-order valence-electron chi connectivity index (χ4n) is 1.03. The first-order valence-electron chi connectivity index (χ1n) is 4.39. The quantitative estimate of drug-likeness (QED) is 0.362. The van der Waals surface area contributed by atoms with Crippen LogP contribution in [0.2, 0.25) is 0 Å². The van der Waals surface area contributed by atoms with E-state index in [-0.39, 0.29) is 18.7 Å². The van der Waals surface area contributed by atoms with Crippen molar-refractivity contribution in [3.05, 3.63) is 45.8 Å². The first kappa shape index (κ1) is 11.9. The average molecular weight is 226 g/mol. The monoisotopic (exact) mass is 226 g/mol. The third-order valence-corrected chi connectivity index (χ3v) is 1.74. The van der Waals surface area contributed by atoms with Crippen molar-refractivity contribution in [1.82, 2.24) is 5.32 Å². The highest BCUT2D eigenvalue weighted by molar-refractivity contribution is 5.94. The van der Waals surface area contributed by atoms with Gasteiger partial charge in [-0.05, 0) is 17.7 Å². The number of hydrogen-bond donors (Lipinski definition) is 1. The zero-order chi connectivity index (χ0) is 12.0. The van der Waals surface area contributed by atoms with Crippen LogP contribution in [0.3, 0.4) is 0 Å². The van der Waals surface area contributed by atoms with Crippen LogP contribution in [0.5, 0.6) is 0 Å². The minimum absolute atomic E-state index is 0.0745. The predicted molar refractivity (Wildman–Crippen MR) is 52.7 cm³/mol. The maximum atomic E-state index is 13.1. The average Bonchev–Trinajstić information content (AvgIpc) is 2.24. The minimum Gasteiger partial charge on any atom is -0.352 e. The predicted octanol–water partition coefficient (Wildman–Crippen LogP) is 2.00. The molecule has 0 heterocycles. The number of nitrogens with zero attached hydrogens (tertiary/aromatic N) is 3. The Morgan fingerprint density at radius 3 is 2.88 bits per heavy atom. The molecular formula is C9H8F2N4O. The number of amides is 1. The van der Waals surface area contributed by atoms with Gasteiger partial charge in [0.25, 0.3) is 5.91 Å². The van der Waals surface area contributed by atoms with Crippen molar-refractivity contribution in [3.8, 4) is 0 Å². The van der Waals surface area contributed by atoms with E-state index in [1.165, 1.54) is 0 Å². The van der Waals surface area contributed by atoms with Crippen LogP contribution in [-0.2, 0) is 0 Å². The molecular weight excluding hydrogens is 218 g/mol. The lowest BCUT2D eigenvalue weighted by atomic mass is 10.2. The molecule has 0 aliphatic heterocycles. The lowest BCUT2D eigenvalue weighted by Gasteiger charge is -2.04. The molecule has 0 radical (unpaired) electrons. The van der Waals surface area contributed by atoms with Crippen molar-refractivity contribution >= 4 is 5.91 Å². The van der Waals surface area contributed by atoms with Gasteiger partial charge in [0, 0.05) is 24.1 Å². The van der Waals surface area contributed by atoms with Crippen LogP contribution in [-0.4, -0.2) is 19.0 Å². The standard InChI is InChI=1S/C9H8F2N4O/c10-6-1-2-7(8(11)5-6)9(16)13-3-4-14-15-12/h1-2,5H,3-4H2,(H,13,16). The van der Waals surface area contributed by atoms with Gasteiger partial charge in [-0.3, -0.25) is 4.79 Å². The summed E-state index contributed by atoms with van der Waals surface area (Å²) in [6.07, 6.45) is 0.